The first-order chi connectivity index (χ1) is 15.8. The Bertz CT molecular complexity index is 1300. The Morgan fingerprint density at radius 1 is 1.30 bits per heavy atom. The van der Waals surface area contributed by atoms with Crippen molar-refractivity contribution in [2.45, 2.75) is 18.4 Å². The molecule has 0 radical (unpaired) electrons. The molecule has 170 valence electrons. The van der Waals surface area contributed by atoms with E-state index in [-0.39, 0.29) is 35.9 Å². The Balaban J connectivity index is 1.53. The fourth-order valence-electron chi connectivity index (χ4n) is 4.20. The number of carbonyl (C=O) groups is 3. The summed E-state index contributed by atoms with van der Waals surface area (Å²) in [5.41, 5.74) is 0.537. The molecule has 11 heteroatoms. The van der Waals surface area contributed by atoms with Crippen LogP contribution in [0.2, 0.25) is 0 Å². The quantitative estimate of drug-likeness (QED) is 0.471. The lowest BCUT2D eigenvalue weighted by atomic mass is 9.95. The number of carbonyl (C=O) groups excluding carboxylic acids is 3. The van der Waals surface area contributed by atoms with E-state index in [1.165, 1.54) is 37.4 Å². The highest BCUT2D eigenvalue weighted by atomic mass is 16.5. The fraction of sp³-hybridized carbons (Fsp3) is 0.273. The van der Waals surface area contributed by atoms with Gasteiger partial charge in [0, 0.05) is 24.4 Å². The molecule has 3 N–H and O–H groups in total. The Labute approximate surface area is 187 Å². The number of furan rings is 1. The molecule has 0 bridgehead atoms. The van der Waals surface area contributed by atoms with Crippen molar-refractivity contribution in [2.24, 2.45) is 0 Å². The number of aliphatic hydroxyl groups is 1. The van der Waals surface area contributed by atoms with Gasteiger partial charge in [-0.2, -0.15) is 0 Å². The number of nitrogens with one attached hydrogen (secondary N) is 2. The minimum atomic E-state index is -1.58. The zero-order valence-corrected chi connectivity index (χ0v) is 17.7. The zero-order valence-electron chi connectivity index (χ0n) is 17.7. The second-order valence-electron chi connectivity index (χ2n) is 7.82. The van der Waals surface area contributed by atoms with E-state index in [9.17, 15) is 19.5 Å². The number of benzene rings is 1. The molecular formula is C22H20N4O7. The van der Waals surface area contributed by atoms with E-state index < -0.39 is 23.8 Å². The summed E-state index contributed by atoms with van der Waals surface area (Å²) in [5, 5.41) is 15.3. The Kier molecular flexibility index (Phi) is 4.80. The molecule has 33 heavy (non-hydrogen) atoms. The maximum absolute atomic E-state index is 13.1. The van der Waals surface area contributed by atoms with Crippen LogP contribution in [-0.4, -0.2) is 59.9 Å². The molecule has 2 aliphatic heterocycles. The molecule has 0 aliphatic carbocycles. The summed E-state index contributed by atoms with van der Waals surface area (Å²) >= 11 is 0. The van der Waals surface area contributed by atoms with E-state index in [1.807, 2.05) is 0 Å². The molecule has 2 aromatic heterocycles. The van der Waals surface area contributed by atoms with Gasteiger partial charge < -0.3 is 29.2 Å². The summed E-state index contributed by atoms with van der Waals surface area (Å²) in [4.78, 5) is 43.7. The molecule has 2 atom stereocenters. The molecule has 1 fully saturated rings. The number of fused-ring (bicyclic) bond motifs is 2. The highest BCUT2D eigenvalue weighted by Crippen LogP contribution is 2.35. The Morgan fingerprint density at radius 2 is 2.12 bits per heavy atom. The first-order valence-electron chi connectivity index (χ1n) is 10.1. The Hall–Kier alpha value is -3.96. The summed E-state index contributed by atoms with van der Waals surface area (Å²) in [6.45, 7) is 0.158. The maximum Gasteiger partial charge on any atom is 0.339 e. The number of aliphatic hydroxyl groups excluding tert-OH is 1. The lowest BCUT2D eigenvalue weighted by molar-refractivity contribution is -0.125. The van der Waals surface area contributed by atoms with Crippen molar-refractivity contribution in [1.82, 2.24) is 20.5 Å². The topological polar surface area (TPSA) is 143 Å². The molecule has 2 aliphatic rings. The number of esters is 1. The molecule has 2 amide bonds. The van der Waals surface area contributed by atoms with E-state index in [0.29, 0.717) is 16.8 Å². The van der Waals surface area contributed by atoms with E-state index >= 15 is 0 Å². The zero-order chi connectivity index (χ0) is 23.3. The molecule has 0 spiro atoms. The summed E-state index contributed by atoms with van der Waals surface area (Å²) in [7, 11) is 2.77. The predicted molar refractivity (Wildman–Crippen MR) is 112 cm³/mol. The van der Waals surface area contributed by atoms with Crippen molar-refractivity contribution in [3.8, 4) is 5.75 Å². The smallest absolute Gasteiger partial charge is 0.339 e. The summed E-state index contributed by atoms with van der Waals surface area (Å²) in [6.07, 6.45) is -0.00463. The minimum Gasteiger partial charge on any atom is -0.497 e. The number of methoxy groups -OCH3 is 2. The third kappa shape index (κ3) is 3.29. The van der Waals surface area contributed by atoms with Crippen LogP contribution in [0, 0.1) is 0 Å². The molecule has 2 unspecified atom stereocenters. The number of ether oxygens (including phenoxy) is 2. The highest BCUT2D eigenvalue weighted by molar-refractivity contribution is 6.00. The van der Waals surface area contributed by atoms with Crippen molar-refractivity contribution in [1.29, 1.82) is 0 Å². The van der Waals surface area contributed by atoms with Gasteiger partial charge in [0.15, 0.2) is 17.5 Å². The maximum atomic E-state index is 13.1. The van der Waals surface area contributed by atoms with Gasteiger partial charge in [-0.3, -0.25) is 19.9 Å². The third-order valence-corrected chi connectivity index (χ3v) is 5.87. The van der Waals surface area contributed by atoms with Gasteiger partial charge in [-0.15, -0.1) is 0 Å². The second kappa shape index (κ2) is 7.57. The van der Waals surface area contributed by atoms with Crippen molar-refractivity contribution >= 4 is 28.9 Å². The lowest BCUT2D eigenvalue weighted by Gasteiger charge is -2.29. The van der Waals surface area contributed by atoms with Crippen molar-refractivity contribution in [3.05, 3.63) is 59.0 Å². The van der Waals surface area contributed by atoms with Crippen LogP contribution in [0.15, 0.2) is 40.9 Å². The predicted octanol–water partition coefficient (Wildman–Crippen LogP) is 0.470. The fourth-order valence-corrected chi connectivity index (χ4v) is 4.20. The highest BCUT2D eigenvalue weighted by Gasteiger charge is 2.52. The standard InChI is InChI=1S/C22H20N4O7/c1-31-13-4-3-11-9-26(18(27)14(11)6-13)10-22(20(29)24-21(30)25-22)17-7-15-16(33-17)5-12(8-23-15)19(28)32-2/h3-8,21,25,30H,9-10H2,1-2H3,(H,24,29). The van der Waals surface area contributed by atoms with Crippen LogP contribution in [-0.2, 0) is 21.6 Å². The second-order valence-corrected chi connectivity index (χ2v) is 7.82. The number of rotatable bonds is 5. The Morgan fingerprint density at radius 3 is 2.82 bits per heavy atom. The monoisotopic (exact) mass is 452 g/mol. The van der Waals surface area contributed by atoms with E-state index in [4.69, 9.17) is 13.9 Å². The average Bonchev–Trinajstić information content (AvgIpc) is 3.46. The van der Waals surface area contributed by atoms with E-state index in [1.54, 1.807) is 18.2 Å². The number of hydrogen-bond donors (Lipinski definition) is 3. The van der Waals surface area contributed by atoms with Crippen LogP contribution in [0.25, 0.3) is 11.1 Å². The minimum absolute atomic E-state index is 0.116. The van der Waals surface area contributed by atoms with Gasteiger partial charge in [0.2, 0.25) is 0 Å². The van der Waals surface area contributed by atoms with Crippen LogP contribution < -0.4 is 15.4 Å². The number of hydrogen-bond acceptors (Lipinski definition) is 9. The SMILES string of the molecule is COC(=O)c1cnc2cc(C3(CN4Cc5ccc(OC)cc5C4=O)NC(O)NC3=O)oc2c1. The molecular weight excluding hydrogens is 432 g/mol. The lowest BCUT2D eigenvalue weighted by Crippen LogP contribution is -2.53. The van der Waals surface area contributed by atoms with E-state index in [2.05, 4.69) is 15.6 Å². The summed E-state index contributed by atoms with van der Waals surface area (Å²) in [6, 6.07) is 8.21. The number of pyridine rings is 1. The molecule has 0 saturated carbocycles. The van der Waals surface area contributed by atoms with E-state index in [0.717, 1.165) is 5.56 Å². The first-order valence-corrected chi connectivity index (χ1v) is 10.1. The van der Waals surface area contributed by atoms with Crippen molar-refractivity contribution in [3.63, 3.8) is 0 Å². The third-order valence-electron chi connectivity index (χ3n) is 5.87. The largest absolute Gasteiger partial charge is 0.497 e. The van der Waals surface area contributed by atoms with Crippen LogP contribution in [0.1, 0.15) is 32.0 Å². The normalized spacial score (nSPS) is 21.9. The molecule has 11 nitrogen and oxygen atoms in total. The van der Waals surface area contributed by atoms with Crippen LogP contribution >= 0.6 is 0 Å². The van der Waals surface area contributed by atoms with Crippen molar-refractivity contribution < 1.29 is 33.4 Å². The van der Waals surface area contributed by atoms with Crippen LogP contribution in [0.4, 0.5) is 0 Å². The van der Waals surface area contributed by atoms with Gasteiger partial charge in [0.05, 0.1) is 26.3 Å². The first kappa shape index (κ1) is 20.9. The molecule has 3 aromatic rings. The molecule has 4 heterocycles. The van der Waals surface area contributed by atoms with Gasteiger partial charge in [-0.1, -0.05) is 6.07 Å². The van der Waals surface area contributed by atoms with Gasteiger partial charge in [0.25, 0.3) is 11.8 Å². The molecule has 1 aromatic carbocycles. The molecule has 5 rings (SSSR count). The van der Waals surface area contributed by atoms with Gasteiger partial charge in [-0.05, 0) is 23.8 Å². The van der Waals surface area contributed by atoms with Crippen molar-refractivity contribution in [2.75, 3.05) is 20.8 Å². The van der Waals surface area contributed by atoms with Gasteiger partial charge in [-0.25, -0.2) is 4.79 Å². The number of aromatic nitrogens is 1. The van der Waals surface area contributed by atoms with Gasteiger partial charge in [0.1, 0.15) is 17.0 Å². The molecule has 1 saturated heterocycles. The average molecular weight is 452 g/mol. The van der Waals surface area contributed by atoms with Crippen LogP contribution in [0.3, 0.4) is 0 Å². The van der Waals surface area contributed by atoms with Crippen LogP contribution in [0.5, 0.6) is 5.75 Å². The number of nitrogens with zero attached hydrogens (tertiary/aromatic N) is 2. The summed E-state index contributed by atoms with van der Waals surface area (Å²) in [5.74, 6) is -0.733. The number of amides is 2. The van der Waals surface area contributed by atoms with Gasteiger partial charge >= 0.3 is 5.97 Å². The summed E-state index contributed by atoms with van der Waals surface area (Å²) < 4.78 is 15.8.